The third kappa shape index (κ3) is 1.92. The molecule has 1 aromatic rings. The van der Waals surface area contributed by atoms with Gasteiger partial charge in [-0.2, -0.15) is 0 Å². The minimum Gasteiger partial charge on any atom is -0.298 e. The third-order valence-electron chi connectivity index (χ3n) is 1.80. The second kappa shape index (κ2) is 3.66. The van der Waals surface area contributed by atoms with Gasteiger partial charge < -0.3 is 0 Å². The number of hydrogen-bond donors (Lipinski definition) is 0. The Morgan fingerprint density at radius 1 is 1.38 bits per heavy atom. The van der Waals surface area contributed by atoms with E-state index in [4.69, 9.17) is 0 Å². The molecule has 0 aliphatic carbocycles. The Morgan fingerprint density at radius 3 is 2.69 bits per heavy atom. The van der Waals surface area contributed by atoms with E-state index in [0.717, 1.165) is 4.90 Å². The molecule has 2 nitrogen and oxygen atoms in total. The summed E-state index contributed by atoms with van der Waals surface area (Å²) in [6.45, 7) is 1.87. The summed E-state index contributed by atoms with van der Waals surface area (Å²) in [7, 11) is 0. The molecule has 2 rings (SSSR count). The zero-order valence-electron chi connectivity index (χ0n) is 7.01. The van der Waals surface area contributed by atoms with Crippen LogP contribution in [0, 0.1) is 6.54 Å². The summed E-state index contributed by atoms with van der Waals surface area (Å²) in [5, 5.41) is 0. The summed E-state index contributed by atoms with van der Waals surface area (Å²) in [4.78, 5) is 12.1. The molecular weight excluding hydrogens is 182 g/mol. The highest BCUT2D eigenvalue weighted by molar-refractivity contribution is 8.11. The van der Waals surface area contributed by atoms with Crippen molar-refractivity contribution < 1.29 is 9.37 Å². The van der Waals surface area contributed by atoms with Gasteiger partial charge in [-0.15, -0.1) is 0 Å². The lowest BCUT2D eigenvalue weighted by Crippen LogP contribution is -2.29. The highest BCUT2D eigenvalue weighted by Gasteiger charge is 2.18. The Labute approximate surface area is 81.3 Å². The second-order valence-electron chi connectivity index (χ2n) is 2.72. The van der Waals surface area contributed by atoms with E-state index < -0.39 is 0 Å². The smallest absolute Gasteiger partial charge is 0.281 e. The van der Waals surface area contributed by atoms with Crippen molar-refractivity contribution in [3.8, 4) is 0 Å². The van der Waals surface area contributed by atoms with Gasteiger partial charge in [0.15, 0.2) is 0 Å². The maximum atomic E-state index is 10.9. The number of carbonyl (C=O) groups excluding carboxylic acids is 1. The maximum absolute atomic E-state index is 10.9. The van der Waals surface area contributed by atoms with E-state index in [0.29, 0.717) is 6.42 Å². The molecule has 0 N–H and O–H groups in total. The standard InChI is InChI=1S/C10H9NOS/c12-10-6-7-11(10)8-13-9-4-2-1-3-5-9/h1-5,7-8H,6H2. The van der Waals surface area contributed by atoms with Crippen LogP contribution in [0.3, 0.4) is 0 Å². The van der Waals surface area contributed by atoms with Gasteiger partial charge in [-0.3, -0.25) is 9.37 Å². The lowest BCUT2D eigenvalue weighted by atomic mass is 10.3. The normalized spacial score (nSPS) is 18.2. The fourth-order valence-corrected chi connectivity index (χ4v) is 1.74. The van der Waals surface area contributed by atoms with Crippen molar-refractivity contribution in [2.45, 2.75) is 11.3 Å². The summed E-state index contributed by atoms with van der Waals surface area (Å²) in [5.41, 5.74) is 1.83. The largest absolute Gasteiger partial charge is 0.298 e. The summed E-state index contributed by atoms with van der Waals surface area (Å²) >= 11 is 1.56. The van der Waals surface area contributed by atoms with Gasteiger partial charge >= 0.3 is 0 Å². The number of β-lactam (4-membered cyclic amide) rings is 1. The average Bonchev–Trinajstić information content (AvgIpc) is 2.17. The Balaban J connectivity index is 2.00. The van der Waals surface area contributed by atoms with Gasteiger partial charge in [0.25, 0.3) is 5.91 Å². The number of rotatable bonds is 2. The van der Waals surface area contributed by atoms with Gasteiger partial charge in [0.1, 0.15) is 5.55 Å². The number of carbonyl (C=O) groups is 1. The third-order valence-corrected chi connectivity index (χ3v) is 2.67. The number of amides is 1. The van der Waals surface area contributed by atoms with Crippen LogP contribution in [0.25, 0.3) is 0 Å². The van der Waals surface area contributed by atoms with Gasteiger partial charge in [-0.05, 0) is 12.1 Å². The van der Waals surface area contributed by atoms with Crippen molar-refractivity contribution in [1.29, 1.82) is 0 Å². The summed E-state index contributed by atoms with van der Waals surface area (Å²) < 4.78 is 1.62. The number of thioether (sulfide) groups is 1. The second-order valence-corrected chi connectivity index (χ2v) is 3.64. The molecule has 1 aliphatic rings. The van der Waals surface area contributed by atoms with Crippen LogP contribution in [0.5, 0.6) is 0 Å². The topological polar surface area (TPSA) is 20.1 Å². The monoisotopic (exact) mass is 191 g/mol. The van der Waals surface area contributed by atoms with Crippen LogP contribution in [0.1, 0.15) is 6.42 Å². The molecule has 1 aliphatic heterocycles. The first-order chi connectivity index (χ1) is 6.36. The van der Waals surface area contributed by atoms with Gasteiger partial charge in [0.2, 0.25) is 0 Å². The highest BCUT2D eigenvalue weighted by atomic mass is 32.2. The molecule has 1 amide bonds. The van der Waals surface area contributed by atoms with E-state index >= 15 is 0 Å². The molecule has 1 aromatic carbocycles. The minimum absolute atomic E-state index is 0.170. The molecule has 0 bridgehead atoms. The first-order valence-corrected chi connectivity index (χ1v) is 4.94. The van der Waals surface area contributed by atoms with Gasteiger partial charge in [0.05, 0.1) is 13.0 Å². The minimum atomic E-state index is 0.170. The van der Waals surface area contributed by atoms with Crippen molar-refractivity contribution in [3.63, 3.8) is 0 Å². The lowest BCUT2D eigenvalue weighted by Gasteiger charge is -2.16. The number of hydrogen-bond acceptors (Lipinski definition) is 2. The average molecular weight is 191 g/mol. The molecule has 1 heterocycles. The first-order valence-electron chi connectivity index (χ1n) is 4.06. The van der Waals surface area contributed by atoms with E-state index in [-0.39, 0.29) is 5.91 Å². The van der Waals surface area contributed by atoms with Crippen LogP contribution in [0.2, 0.25) is 0 Å². The summed E-state index contributed by atoms with van der Waals surface area (Å²) in [6.07, 6.45) is 0.575. The molecule has 1 saturated heterocycles. The van der Waals surface area contributed by atoms with E-state index in [9.17, 15) is 4.79 Å². The first kappa shape index (κ1) is 8.38. The van der Waals surface area contributed by atoms with Crippen LogP contribution in [0.15, 0.2) is 35.2 Å². The number of benzene rings is 1. The molecule has 0 saturated carbocycles. The molecule has 0 aromatic heterocycles. The fourth-order valence-electron chi connectivity index (χ4n) is 0.990. The van der Waals surface area contributed by atoms with E-state index in [2.05, 4.69) is 0 Å². The lowest BCUT2D eigenvalue weighted by molar-refractivity contribution is -0.440. The van der Waals surface area contributed by atoms with Crippen molar-refractivity contribution in [2.75, 3.05) is 0 Å². The van der Waals surface area contributed by atoms with Gasteiger partial charge in [-0.25, -0.2) is 0 Å². The van der Waals surface area contributed by atoms with Crippen LogP contribution < -0.4 is 0 Å². The van der Waals surface area contributed by atoms with E-state index in [1.54, 1.807) is 16.3 Å². The summed E-state index contributed by atoms with van der Waals surface area (Å²) in [6, 6.07) is 9.98. The van der Waals surface area contributed by atoms with Gasteiger partial charge in [0, 0.05) is 4.90 Å². The zero-order chi connectivity index (χ0) is 9.10. The fraction of sp³-hybridized carbons (Fsp3) is 0.100. The molecule has 0 atom stereocenters. The molecule has 3 heteroatoms. The van der Waals surface area contributed by atoms with Crippen molar-refractivity contribution >= 4 is 23.2 Å². The van der Waals surface area contributed by atoms with Crippen LogP contribution >= 0.6 is 11.8 Å². The molecule has 1 fully saturated rings. The predicted octanol–water partition coefficient (Wildman–Crippen LogP) is 1.91. The van der Waals surface area contributed by atoms with Crippen LogP contribution in [-0.4, -0.2) is 16.0 Å². The molecule has 13 heavy (non-hydrogen) atoms. The van der Waals surface area contributed by atoms with Gasteiger partial charge in [-0.1, -0.05) is 30.0 Å². The highest BCUT2D eigenvalue weighted by Crippen LogP contribution is 2.16. The van der Waals surface area contributed by atoms with Crippen molar-refractivity contribution in [3.05, 3.63) is 36.9 Å². The predicted molar refractivity (Wildman–Crippen MR) is 52.5 cm³/mol. The molecule has 0 radical (unpaired) electrons. The quantitative estimate of drug-likeness (QED) is 0.234. The van der Waals surface area contributed by atoms with E-state index in [1.165, 1.54) is 0 Å². The molecule has 66 valence electrons. The zero-order valence-corrected chi connectivity index (χ0v) is 7.83. The van der Waals surface area contributed by atoms with Crippen LogP contribution in [-0.2, 0) is 4.79 Å². The Morgan fingerprint density at radius 2 is 2.15 bits per heavy atom. The van der Waals surface area contributed by atoms with Crippen molar-refractivity contribution in [2.24, 2.45) is 0 Å². The summed E-state index contributed by atoms with van der Waals surface area (Å²) in [5.74, 6) is 0.170. The maximum Gasteiger partial charge on any atom is 0.281 e. The number of nitrogens with zero attached hydrogens (tertiary/aromatic N) is 1. The Kier molecular flexibility index (Phi) is 2.36. The SMILES string of the molecule is O=C1C[CH-][N+]1=CSc1ccccc1. The molecule has 0 unspecified atom stereocenters. The Hall–Kier alpha value is -1.22. The molecule has 0 spiro atoms. The van der Waals surface area contributed by atoms with Crippen LogP contribution in [0.4, 0.5) is 0 Å². The molecular formula is C10H9NOS. The van der Waals surface area contributed by atoms with Crippen molar-refractivity contribution in [1.82, 2.24) is 0 Å². The van der Waals surface area contributed by atoms with E-state index in [1.807, 2.05) is 42.4 Å². The Bertz CT molecular complexity index is 345.